The molecule has 1 fully saturated rings. The molecule has 0 radical (unpaired) electrons. The SMILES string of the molecule is Cc1nnc(Cl)c(-c2c(F)cc(F)cc2F)c1-c1ccc(C2CC2)cc1. The molecular weight excluding hydrogens is 361 g/mol. The topological polar surface area (TPSA) is 25.8 Å². The monoisotopic (exact) mass is 374 g/mol. The largest absolute Gasteiger partial charge is 0.207 e. The molecule has 1 aromatic heterocycles. The zero-order chi connectivity index (χ0) is 18.4. The number of nitrogens with zero attached hydrogens (tertiary/aromatic N) is 2. The Labute approximate surface area is 153 Å². The predicted molar refractivity (Wildman–Crippen MR) is 94.5 cm³/mol. The number of hydrogen-bond donors (Lipinski definition) is 0. The van der Waals surface area contributed by atoms with Gasteiger partial charge in [-0.05, 0) is 36.8 Å². The van der Waals surface area contributed by atoms with Crippen LogP contribution in [0.5, 0.6) is 0 Å². The lowest BCUT2D eigenvalue weighted by molar-refractivity contribution is 0.548. The minimum absolute atomic E-state index is 0.0772. The van der Waals surface area contributed by atoms with Gasteiger partial charge in [0.15, 0.2) is 5.15 Å². The molecule has 0 bridgehead atoms. The van der Waals surface area contributed by atoms with Crippen molar-refractivity contribution in [2.75, 3.05) is 0 Å². The molecule has 1 saturated carbocycles. The molecule has 132 valence electrons. The normalized spacial score (nSPS) is 13.9. The van der Waals surface area contributed by atoms with Crippen LogP contribution in [0.4, 0.5) is 13.2 Å². The van der Waals surface area contributed by atoms with E-state index in [9.17, 15) is 13.2 Å². The molecule has 0 atom stereocenters. The van der Waals surface area contributed by atoms with Crippen molar-refractivity contribution in [2.24, 2.45) is 0 Å². The Morgan fingerprint density at radius 3 is 2.08 bits per heavy atom. The van der Waals surface area contributed by atoms with Crippen molar-refractivity contribution in [1.29, 1.82) is 0 Å². The molecule has 4 rings (SSSR count). The first kappa shape index (κ1) is 17.0. The number of aryl methyl sites for hydroxylation is 1. The quantitative estimate of drug-likeness (QED) is 0.556. The average Bonchev–Trinajstić information content (AvgIpc) is 3.42. The molecule has 2 aromatic carbocycles. The predicted octanol–water partition coefficient (Wildman–Crippen LogP) is 6.07. The highest BCUT2D eigenvalue weighted by molar-refractivity contribution is 6.32. The van der Waals surface area contributed by atoms with Gasteiger partial charge in [0.2, 0.25) is 0 Å². The van der Waals surface area contributed by atoms with Gasteiger partial charge in [-0.15, -0.1) is 5.10 Å². The van der Waals surface area contributed by atoms with Gasteiger partial charge in [0, 0.05) is 23.3 Å². The Morgan fingerprint density at radius 2 is 1.50 bits per heavy atom. The van der Waals surface area contributed by atoms with E-state index in [1.807, 2.05) is 24.3 Å². The van der Waals surface area contributed by atoms with Gasteiger partial charge in [-0.2, -0.15) is 5.10 Å². The summed E-state index contributed by atoms with van der Waals surface area (Å²) >= 11 is 6.16. The molecule has 1 aliphatic carbocycles. The first-order valence-electron chi connectivity index (χ1n) is 8.23. The van der Waals surface area contributed by atoms with E-state index in [1.54, 1.807) is 6.92 Å². The van der Waals surface area contributed by atoms with Gasteiger partial charge in [0.1, 0.15) is 17.5 Å². The van der Waals surface area contributed by atoms with Crippen LogP contribution in [-0.4, -0.2) is 10.2 Å². The second-order valence-electron chi connectivity index (χ2n) is 6.47. The summed E-state index contributed by atoms with van der Waals surface area (Å²) in [5, 5.41) is 7.64. The Kier molecular flexibility index (Phi) is 4.19. The molecule has 0 N–H and O–H groups in total. The lowest BCUT2D eigenvalue weighted by Crippen LogP contribution is -2.01. The van der Waals surface area contributed by atoms with Gasteiger partial charge < -0.3 is 0 Å². The number of benzene rings is 2. The Hall–Kier alpha value is -2.40. The maximum Gasteiger partial charge on any atom is 0.160 e. The van der Waals surface area contributed by atoms with Gasteiger partial charge in [0.25, 0.3) is 0 Å². The molecule has 0 unspecified atom stereocenters. The van der Waals surface area contributed by atoms with Crippen LogP contribution in [0.25, 0.3) is 22.3 Å². The molecule has 0 saturated heterocycles. The highest BCUT2D eigenvalue weighted by Crippen LogP contribution is 2.43. The van der Waals surface area contributed by atoms with Crippen LogP contribution in [0, 0.1) is 24.4 Å². The molecule has 2 nitrogen and oxygen atoms in total. The third-order valence-electron chi connectivity index (χ3n) is 4.61. The Morgan fingerprint density at radius 1 is 0.885 bits per heavy atom. The molecule has 1 aliphatic rings. The van der Waals surface area contributed by atoms with E-state index in [1.165, 1.54) is 18.4 Å². The fourth-order valence-corrected chi connectivity index (χ4v) is 3.43. The number of hydrogen-bond acceptors (Lipinski definition) is 2. The van der Waals surface area contributed by atoms with Crippen molar-refractivity contribution in [1.82, 2.24) is 10.2 Å². The summed E-state index contributed by atoms with van der Waals surface area (Å²) in [5.41, 5.74) is 2.59. The minimum Gasteiger partial charge on any atom is -0.207 e. The summed E-state index contributed by atoms with van der Waals surface area (Å²) in [4.78, 5) is 0. The first-order valence-corrected chi connectivity index (χ1v) is 8.61. The van der Waals surface area contributed by atoms with Crippen LogP contribution in [0.3, 0.4) is 0 Å². The van der Waals surface area contributed by atoms with Gasteiger partial charge in [-0.3, -0.25) is 0 Å². The third kappa shape index (κ3) is 2.97. The summed E-state index contributed by atoms with van der Waals surface area (Å²) in [6.07, 6.45) is 2.36. The molecule has 3 aromatic rings. The summed E-state index contributed by atoms with van der Waals surface area (Å²) in [5.74, 6) is -2.47. The van der Waals surface area contributed by atoms with E-state index in [2.05, 4.69) is 10.2 Å². The fraction of sp³-hybridized carbons (Fsp3) is 0.200. The van der Waals surface area contributed by atoms with Crippen molar-refractivity contribution in [3.63, 3.8) is 0 Å². The Balaban J connectivity index is 1.95. The minimum atomic E-state index is -1.03. The number of halogens is 4. The summed E-state index contributed by atoms with van der Waals surface area (Å²) in [6.45, 7) is 1.69. The van der Waals surface area contributed by atoms with Crippen LogP contribution >= 0.6 is 11.6 Å². The van der Waals surface area contributed by atoms with E-state index < -0.39 is 23.0 Å². The molecule has 6 heteroatoms. The second kappa shape index (κ2) is 6.40. The lowest BCUT2D eigenvalue weighted by Gasteiger charge is -2.15. The first-order chi connectivity index (χ1) is 12.5. The van der Waals surface area contributed by atoms with Crippen molar-refractivity contribution in [3.8, 4) is 22.3 Å². The van der Waals surface area contributed by atoms with E-state index >= 15 is 0 Å². The molecule has 26 heavy (non-hydrogen) atoms. The highest BCUT2D eigenvalue weighted by Gasteiger charge is 2.25. The summed E-state index contributed by atoms with van der Waals surface area (Å²) < 4.78 is 42.1. The van der Waals surface area contributed by atoms with Gasteiger partial charge in [-0.1, -0.05) is 35.9 Å². The lowest BCUT2D eigenvalue weighted by atomic mass is 9.93. The van der Waals surface area contributed by atoms with E-state index in [4.69, 9.17) is 11.6 Å². The average molecular weight is 375 g/mol. The van der Waals surface area contributed by atoms with Gasteiger partial charge in [-0.25, -0.2) is 13.2 Å². The molecular formula is C20H14ClF3N2. The second-order valence-corrected chi connectivity index (χ2v) is 6.82. The maximum absolute atomic E-state index is 14.4. The zero-order valence-corrected chi connectivity index (χ0v) is 14.6. The van der Waals surface area contributed by atoms with Crippen molar-refractivity contribution < 1.29 is 13.2 Å². The van der Waals surface area contributed by atoms with Gasteiger partial charge in [0.05, 0.1) is 11.3 Å². The molecule has 1 heterocycles. The number of aromatic nitrogens is 2. The van der Waals surface area contributed by atoms with Crippen LogP contribution in [0.2, 0.25) is 5.15 Å². The standard InChI is InChI=1S/C20H14ClF3N2/c1-10-17(13-6-4-12(5-7-13)11-2-3-11)19(20(21)26-25-10)18-15(23)8-14(22)9-16(18)24/h4-9,11H,2-3H2,1H3. The smallest absolute Gasteiger partial charge is 0.160 e. The maximum atomic E-state index is 14.4. The molecule has 0 amide bonds. The van der Waals surface area contributed by atoms with Gasteiger partial charge >= 0.3 is 0 Å². The zero-order valence-electron chi connectivity index (χ0n) is 13.9. The number of rotatable bonds is 3. The summed E-state index contributed by atoms with van der Waals surface area (Å²) in [7, 11) is 0. The highest BCUT2D eigenvalue weighted by atomic mass is 35.5. The van der Waals surface area contributed by atoms with Crippen molar-refractivity contribution in [2.45, 2.75) is 25.7 Å². The van der Waals surface area contributed by atoms with Crippen LogP contribution in [0.15, 0.2) is 36.4 Å². The third-order valence-corrected chi connectivity index (χ3v) is 4.88. The molecule has 0 aliphatic heterocycles. The van der Waals surface area contributed by atoms with E-state index in [0.717, 1.165) is 5.56 Å². The van der Waals surface area contributed by atoms with Crippen LogP contribution in [-0.2, 0) is 0 Å². The van der Waals surface area contributed by atoms with Crippen molar-refractivity contribution >= 4 is 11.6 Å². The van der Waals surface area contributed by atoms with Crippen LogP contribution in [0.1, 0.15) is 30.0 Å². The van der Waals surface area contributed by atoms with Crippen LogP contribution < -0.4 is 0 Å². The Bertz CT molecular complexity index is 976. The summed E-state index contributed by atoms with van der Waals surface area (Å²) in [6, 6.07) is 9.03. The van der Waals surface area contributed by atoms with E-state index in [-0.39, 0.29) is 10.7 Å². The van der Waals surface area contributed by atoms with Crippen molar-refractivity contribution in [3.05, 3.63) is 70.3 Å². The molecule has 0 spiro atoms. The van der Waals surface area contributed by atoms with E-state index in [0.29, 0.717) is 29.3 Å². The fourth-order valence-electron chi connectivity index (χ4n) is 3.20.